The van der Waals surface area contributed by atoms with Gasteiger partial charge >= 0.3 is 0 Å². The molecule has 0 atom stereocenters. The molecule has 0 aromatic carbocycles. The highest BCUT2D eigenvalue weighted by atomic mass is 16.1. The molecule has 2 heterocycles. The number of pyridine rings is 1. The lowest BCUT2D eigenvalue weighted by molar-refractivity contribution is -0.107. The fourth-order valence-corrected chi connectivity index (χ4v) is 1.72. The number of aromatic nitrogens is 1. The maximum atomic E-state index is 10.9. The molecule has 1 aliphatic rings. The maximum absolute atomic E-state index is 10.9. The molecule has 2 rings (SSSR count). The topological polar surface area (TPSA) is 36.4 Å². The summed E-state index contributed by atoms with van der Waals surface area (Å²) in [5.41, 5.74) is 0.905. The van der Waals surface area contributed by atoms with Gasteiger partial charge in [0.1, 0.15) is 0 Å². The third-order valence-electron chi connectivity index (χ3n) is 2.46. The van der Waals surface area contributed by atoms with Crippen LogP contribution in [0.5, 0.6) is 0 Å². The lowest BCUT2D eigenvalue weighted by Crippen LogP contribution is -2.21. The van der Waals surface area contributed by atoms with E-state index in [-0.39, 0.29) is 0 Å². The van der Waals surface area contributed by atoms with Gasteiger partial charge in [-0.3, -0.25) is 4.79 Å². The molecule has 0 aliphatic carbocycles. The van der Waals surface area contributed by atoms with Gasteiger partial charge < -0.3 is 9.80 Å². The van der Waals surface area contributed by atoms with E-state index in [2.05, 4.69) is 9.88 Å². The van der Waals surface area contributed by atoms with Crippen molar-refractivity contribution >= 4 is 17.9 Å². The molecule has 0 bridgehead atoms. The molecule has 0 spiro atoms. The molecule has 0 N–H and O–H groups in total. The largest absolute Gasteiger partial charge is 0.358 e. The van der Waals surface area contributed by atoms with Crippen LogP contribution in [0.15, 0.2) is 18.3 Å². The van der Waals surface area contributed by atoms with Gasteiger partial charge in [-0.05, 0) is 18.6 Å². The molecule has 1 aromatic rings. The summed E-state index contributed by atoms with van der Waals surface area (Å²) in [6, 6.07) is 3.78. The van der Waals surface area contributed by atoms with E-state index in [0.29, 0.717) is 0 Å². The second-order valence-electron chi connectivity index (χ2n) is 3.42. The molecule has 1 aromatic heterocycles. The van der Waals surface area contributed by atoms with Crippen molar-refractivity contribution in [1.29, 1.82) is 0 Å². The number of rotatable bonds is 1. The van der Waals surface area contributed by atoms with Crippen molar-refractivity contribution in [3.63, 3.8) is 0 Å². The Balaban J connectivity index is 2.46. The summed E-state index contributed by atoms with van der Waals surface area (Å²) in [6.45, 7) is 1.71. The van der Waals surface area contributed by atoms with Crippen LogP contribution < -0.4 is 9.80 Å². The average molecular weight is 191 g/mol. The van der Waals surface area contributed by atoms with E-state index in [4.69, 9.17) is 0 Å². The van der Waals surface area contributed by atoms with Gasteiger partial charge in [0.25, 0.3) is 0 Å². The molecule has 14 heavy (non-hydrogen) atoms. The minimum absolute atomic E-state index is 0.770. The summed E-state index contributed by atoms with van der Waals surface area (Å²) >= 11 is 0. The molecule has 4 heteroatoms. The van der Waals surface area contributed by atoms with Gasteiger partial charge in [-0.15, -0.1) is 0 Å². The Morgan fingerprint density at radius 1 is 1.50 bits per heavy atom. The lowest BCUT2D eigenvalue weighted by atomic mass is 10.3. The molecule has 1 aliphatic heterocycles. The number of carbonyl (C=O) groups excluding carboxylic acids is 1. The standard InChI is InChI=1S/C10H13N3O/c1-12-6-3-7-13(8-14)9-4-2-5-11-10(9)12/h2,4-5,8H,3,6-7H2,1H3. The van der Waals surface area contributed by atoms with Crippen LogP contribution in [0.1, 0.15) is 6.42 Å². The van der Waals surface area contributed by atoms with Gasteiger partial charge in [-0.1, -0.05) is 0 Å². The van der Waals surface area contributed by atoms with Crippen LogP contribution in [0.2, 0.25) is 0 Å². The molecule has 0 fully saturated rings. The second-order valence-corrected chi connectivity index (χ2v) is 3.42. The molecule has 74 valence electrons. The number of carbonyl (C=O) groups is 1. The Bertz CT molecular complexity index is 340. The zero-order valence-corrected chi connectivity index (χ0v) is 8.18. The molecule has 4 nitrogen and oxygen atoms in total. The summed E-state index contributed by atoms with van der Waals surface area (Å²) in [4.78, 5) is 18.9. The van der Waals surface area contributed by atoms with Crippen molar-refractivity contribution in [3.05, 3.63) is 18.3 Å². The van der Waals surface area contributed by atoms with Gasteiger partial charge in [0.15, 0.2) is 5.82 Å². The molecule has 1 amide bonds. The second kappa shape index (κ2) is 3.65. The van der Waals surface area contributed by atoms with Crippen LogP contribution in [0.3, 0.4) is 0 Å². The van der Waals surface area contributed by atoms with Crippen LogP contribution in [0, 0.1) is 0 Å². The highest BCUT2D eigenvalue weighted by Crippen LogP contribution is 2.27. The summed E-state index contributed by atoms with van der Waals surface area (Å²) < 4.78 is 0. The van der Waals surface area contributed by atoms with Crippen LogP contribution in [-0.2, 0) is 4.79 Å². The van der Waals surface area contributed by atoms with E-state index >= 15 is 0 Å². The number of amides is 1. The highest BCUT2D eigenvalue weighted by molar-refractivity contribution is 5.82. The van der Waals surface area contributed by atoms with Crippen LogP contribution in [0.4, 0.5) is 11.5 Å². The zero-order valence-electron chi connectivity index (χ0n) is 8.18. The predicted molar refractivity (Wildman–Crippen MR) is 55.5 cm³/mol. The molecule has 0 unspecified atom stereocenters. The third-order valence-corrected chi connectivity index (χ3v) is 2.46. The third kappa shape index (κ3) is 1.43. The lowest BCUT2D eigenvalue weighted by Gasteiger charge is -2.19. The van der Waals surface area contributed by atoms with Crippen molar-refractivity contribution < 1.29 is 4.79 Å². The van der Waals surface area contributed by atoms with Crippen LogP contribution >= 0.6 is 0 Å². The highest BCUT2D eigenvalue weighted by Gasteiger charge is 2.17. The van der Waals surface area contributed by atoms with E-state index in [1.54, 1.807) is 11.1 Å². The summed E-state index contributed by atoms with van der Waals surface area (Å²) in [7, 11) is 2.00. The fraction of sp³-hybridized carbons (Fsp3) is 0.400. The van der Waals surface area contributed by atoms with E-state index in [1.165, 1.54) is 0 Å². The van der Waals surface area contributed by atoms with E-state index < -0.39 is 0 Å². The Kier molecular flexibility index (Phi) is 2.35. The molecule has 0 saturated heterocycles. The SMILES string of the molecule is CN1CCCN(C=O)c2cccnc21. The molecular weight excluding hydrogens is 178 g/mol. The first-order chi connectivity index (χ1) is 6.83. The quantitative estimate of drug-likeness (QED) is 0.618. The van der Waals surface area contributed by atoms with Crippen LogP contribution in [-0.4, -0.2) is 31.5 Å². The van der Waals surface area contributed by atoms with E-state index in [1.807, 2.05) is 19.2 Å². The first kappa shape index (κ1) is 8.99. The first-order valence-corrected chi connectivity index (χ1v) is 4.71. The smallest absolute Gasteiger partial charge is 0.214 e. The van der Waals surface area contributed by atoms with Crippen molar-refractivity contribution in [1.82, 2.24) is 4.98 Å². The summed E-state index contributed by atoms with van der Waals surface area (Å²) in [6.07, 6.45) is 3.61. The van der Waals surface area contributed by atoms with E-state index in [0.717, 1.165) is 37.4 Å². The Morgan fingerprint density at radius 3 is 3.14 bits per heavy atom. The molecular formula is C10H13N3O. The summed E-state index contributed by atoms with van der Waals surface area (Å²) in [5.74, 6) is 0.886. The van der Waals surface area contributed by atoms with Gasteiger partial charge in [0.2, 0.25) is 6.41 Å². The van der Waals surface area contributed by atoms with Crippen molar-refractivity contribution in [2.75, 3.05) is 29.9 Å². The van der Waals surface area contributed by atoms with Gasteiger partial charge in [-0.25, -0.2) is 4.98 Å². The molecule has 0 radical (unpaired) electrons. The Labute approximate surface area is 83.2 Å². The normalized spacial score (nSPS) is 16.1. The van der Waals surface area contributed by atoms with Crippen molar-refractivity contribution in [3.8, 4) is 0 Å². The van der Waals surface area contributed by atoms with Gasteiger partial charge in [0, 0.05) is 26.3 Å². The predicted octanol–water partition coefficient (Wildman–Crippen LogP) is 0.884. The minimum Gasteiger partial charge on any atom is -0.358 e. The monoisotopic (exact) mass is 191 g/mol. The average Bonchev–Trinajstić information content (AvgIpc) is 2.39. The fourth-order valence-electron chi connectivity index (χ4n) is 1.72. The number of anilines is 2. The van der Waals surface area contributed by atoms with Crippen molar-refractivity contribution in [2.45, 2.75) is 6.42 Å². The molecule has 0 saturated carbocycles. The number of nitrogens with zero attached hydrogens (tertiary/aromatic N) is 3. The Hall–Kier alpha value is -1.58. The summed E-state index contributed by atoms with van der Waals surface area (Å²) in [5, 5.41) is 0. The Morgan fingerprint density at radius 2 is 2.36 bits per heavy atom. The van der Waals surface area contributed by atoms with Gasteiger partial charge in [-0.2, -0.15) is 0 Å². The maximum Gasteiger partial charge on any atom is 0.214 e. The number of hydrogen-bond donors (Lipinski definition) is 0. The van der Waals surface area contributed by atoms with E-state index in [9.17, 15) is 4.79 Å². The first-order valence-electron chi connectivity index (χ1n) is 4.71. The minimum atomic E-state index is 0.770. The van der Waals surface area contributed by atoms with Gasteiger partial charge in [0.05, 0.1) is 5.69 Å². The van der Waals surface area contributed by atoms with Crippen LogP contribution in [0.25, 0.3) is 0 Å². The zero-order chi connectivity index (χ0) is 9.97. The number of fused-ring (bicyclic) bond motifs is 1. The number of hydrogen-bond acceptors (Lipinski definition) is 3. The van der Waals surface area contributed by atoms with Crippen molar-refractivity contribution in [2.24, 2.45) is 0 Å².